The third-order valence-corrected chi connectivity index (χ3v) is 1.84. The van der Waals surface area contributed by atoms with Gasteiger partial charge in [0.15, 0.2) is 6.61 Å². The number of carbonyl (C=O) groups is 1. The van der Waals surface area contributed by atoms with Gasteiger partial charge in [-0.1, -0.05) is 0 Å². The molecule has 2 N–H and O–H groups in total. The minimum Gasteiger partial charge on any atom is -0.496 e. The number of ether oxygens (including phenoxy) is 2. The van der Waals surface area contributed by atoms with Crippen molar-refractivity contribution in [3.8, 4) is 11.5 Å². The highest BCUT2D eigenvalue weighted by Crippen LogP contribution is 2.25. The molecular weight excluding hydrogens is 239 g/mol. The van der Waals surface area contributed by atoms with Gasteiger partial charge in [0.05, 0.1) is 12.7 Å². The minimum atomic E-state index is -4.42. The maximum Gasteiger partial charge on any atom is 0.422 e. The van der Waals surface area contributed by atoms with Crippen LogP contribution in [0, 0.1) is 0 Å². The summed E-state index contributed by atoms with van der Waals surface area (Å²) in [5.41, 5.74) is 5.12. The fourth-order valence-electron chi connectivity index (χ4n) is 1.13. The van der Waals surface area contributed by atoms with Crippen LogP contribution >= 0.6 is 0 Å². The number of methoxy groups -OCH3 is 1. The number of rotatable bonds is 4. The Labute approximate surface area is 95.1 Å². The van der Waals surface area contributed by atoms with Crippen molar-refractivity contribution in [1.82, 2.24) is 0 Å². The Hall–Kier alpha value is -1.92. The first kappa shape index (κ1) is 13.1. The maximum atomic E-state index is 11.9. The molecule has 0 aliphatic rings. The molecule has 1 aromatic rings. The molecule has 1 rings (SSSR count). The van der Waals surface area contributed by atoms with E-state index in [1.165, 1.54) is 25.3 Å². The average molecular weight is 249 g/mol. The summed E-state index contributed by atoms with van der Waals surface area (Å²) < 4.78 is 45.0. The number of alkyl halides is 3. The highest BCUT2D eigenvalue weighted by Gasteiger charge is 2.28. The number of primary amides is 1. The van der Waals surface area contributed by atoms with E-state index in [4.69, 9.17) is 10.5 Å². The van der Waals surface area contributed by atoms with Crippen molar-refractivity contribution in [3.05, 3.63) is 23.8 Å². The lowest BCUT2D eigenvalue weighted by atomic mass is 10.2. The van der Waals surface area contributed by atoms with Gasteiger partial charge in [-0.25, -0.2) is 0 Å². The zero-order valence-corrected chi connectivity index (χ0v) is 8.88. The Morgan fingerprint density at radius 3 is 2.53 bits per heavy atom. The second-order valence-electron chi connectivity index (χ2n) is 3.13. The lowest BCUT2D eigenvalue weighted by Gasteiger charge is -2.11. The van der Waals surface area contributed by atoms with Crippen LogP contribution in [-0.2, 0) is 0 Å². The van der Waals surface area contributed by atoms with Crippen LogP contribution in [0.15, 0.2) is 18.2 Å². The molecule has 0 radical (unpaired) electrons. The quantitative estimate of drug-likeness (QED) is 0.884. The molecule has 94 valence electrons. The summed E-state index contributed by atoms with van der Waals surface area (Å²) in [6.45, 7) is -1.41. The van der Waals surface area contributed by atoms with Gasteiger partial charge >= 0.3 is 6.18 Å². The van der Waals surface area contributed by atoms with Crippen molar-refractivity contribution < 1.29 is 27.4 Å². The topological polar surface area (TPSA) is 61.6 Å². The zero-order valence-electron chi connectivity index (χ0n) is 8.88. The van der Waals surface area contributed by atoms with Gasteiger partial charge in [0.1, 0.15) is 11.5 Å². The Morgan fingerprint density at radius 2 is 2.06 bits per heavy atom. The van der Waals surface area contributed by atoms with Gasteiger partial charge in [0, 0.05) is 6.07 Å². The predicted molar refractivity (Wildman–Crippen MR) is 53.1 cm³/mol. The van der Waals surface area contributed by atoms with Crippen molar-refractivity contribution in [3.63, 3.8) is 0 Å². The van der Waals surface area contributed by atoms with Gasteiger partial charge in [0.25, 0.3) is 5.91 Å². The Morgan fingerprint density at radius 1 is 1.41 bits per heavy atom. The molecule has 0 fully saturated rings. The van der Waals surface area contributed by atoms with E-state index in [0.717, 1.165) is 0 Å². The highest BCUT2D eigenvalue weighted by atomic mass is 19.4. The van der Waals surface area contributed by atoms with E-state index in [1.54, 1.807) is 0 Å². The Balaban J connectivity index is 2.87. The van der Waals surface area contributed by atoms with E-state index < -0.39 is 18.7 Å². The first-order valence-electron chi connectivity index (χ1n) is 4.51. The summed E-state index contributed by atoms with van der Waals surface area (Å²) in [4.78, 5) is 10.9. The number of hydrogen-bond acceptors (Lipinski definition) is 3. The summed E-state index contributed by atoms with van der Waals surface area (Å²) in [7, 11) is 1.27. The monoisotopic (exact) mass is 249 g/mol. The Bertz CT molecular complexity index is 418. The molecule has 0 aromatic heterocycles. The molecule has 0 unspecified atom stereocenters. The number of hydrogen-bond donors (Lipinski definition) is 1. The van der Waals surface area contributed by atoms with Crippen LogP contribution in [0.5, 0.6) is 11.5 Å². The van der Waals surface area contributed by atoms with Crippen LogP contribution in [-0.4, -0.2) is 25.8 Å². The summed E-state index contributed by atoms with van der Waals surface area (Å²) in [6, 6.07) is 3.63. The van der Waals surface area contributed by atoms with Crippen LogP contribution in [0.4, 0.5) is 13.2 Å². The van der Waals surface area contributed by atoms with Crippen LogP contribution in [0.25, 0.3) is 0 Å². The normalized spacial score (nSPS) is 11.1. The van der Waals surface area contributed by atoms with E-state index >= 15 is 0 Å². The second-order valence-corrected chi connectivity index (χ2v) is 3.13. The maximum absolute atomic E-state index is 11.9. The van der Waals surface area contributed by atoms with E-state index in [-0.39, 0.29) is 17.1 Å². The molecule has 1 amide bonds. The standard InChI is InChI=1S/C10H10F3NO3/c1-16-8-4-6(17-5-10(11,12)13)2-3-7(8)9(14)15/h2-4H,5H2,1H3,(H2,14,15). The van der Waals surface area contributed by atoms with Gasteiger partial charge < -0.3 is 15.2 Å². The fraction of sp³-hybridized carbons (Fsp3) is 0.300. The van der Waals surface area contributed by atoms with Crippen molar-refractivity contribution in [1.29, 1.82) is 0 Å². The summed E-state index contributed by atoms with van der Waals surface area (Å²) in [5, 5.41) is 0. The lowest BCUT2D eigenvalue weighted by molar-refractivity contribution is -0.153. The summed E-state index contributed by atoms with van der Waals surface area (Å²) in [5.74, 6) is -0.717. The second kappa shape index (κ2) is 4.94. The van der Waals surface area contributed by atoms with Crippen LogP contribution in [0.1, 0.15) is 10.4 Å². The van der Waals surface area contributed by atoms with Crippen molar-refractivity contribution in [2.24, 2.45) is 5.73 Å². The van der Waals surface area contributed by atoms with Gasteiger partial charge in [-0.05, 0) is 12.1 Å². The molecule has 0 aliphatic carbocycles. The van der Waals surface area contributed by atoms with Crippen molar-refractivity contribution in [2.75, 3.05) is 13.7 Å². The van der Waals surface area contributed by atoms with Gasteiger partial charge in [-0.2, -0.15) is 13.2 Å². The van der Waals surface area contributed by atoms with Gasteiger partial charge in [-0.15, -0.1) is 0 Å². The van der Waals surface area contributed by atoms with Crippen LogP contribution in [0.2, 0.25) is 0 Å². The van der Waals surface area contributed by atoms with Crippen LogP contribution < -0.4 is 15.2 Å². The van der Waals surface area contributed by atoms with Gasteiger partial charge in [0.2, 0.25) is 0 Å². The average Bonchev–Trinajstić information content (AvgIpc) is 2.24. The third-order valence-electron chi connectivity index (χ3n) is 1.84. The SMILES string of the molecule is COc1cc(OCC(F)(F)F)ccc1C(N)=O. The molecule has 0 atom stereocenters. The van der Waals surface area contributed by atoms with Crippen molar-refractivity contribution >= 4 is 5.91 Å². The molecule has 0 saturated carbocycles. The molecule has 0 saturated heterocycles. The summed E-state index contributed by atoms with van der Waals surface area (Å²) in [6.07, 6.45) is -4.42. The molecule has 0 bridgehead atoms. The van der Waals surface area contributed by atoms with Gasteiger partial charge in [-0.3, -0.25) is 4.79 Å². The number of amides is 1. The predicted octanol–water partition coefficient (Wildman–Crippen LogP) is 1.74. The lowest BCUT2D eigenvalue weighted by Crippen LogP contribution is -2.19. The minimum absolute atomic E-state index is 0.0517. The molecular formula is C10H10F3NO3. The summed E-state index contributed by atoms with van der Waals surface area (Å²) >= 11 is 0. The van der Waals surface area contributed by atoms with Crippen molar-refractivity contribution in [2.45, 2.75) is 6.18 Å². The number of carbonyl (C=O) groups excluding carboxylic acids is 1. The fourth-order valence-corrected chi connectivity index (χ4v) is 1.13. The van der Waals surface area contributed by atoms with E-state index in [9.17, 15) is 18.0 Å². The van der Waals surface area contributed by atoms with E-state index in [1.807, 2.05) is 0 Å². The third kappa shape index (κ3) is 3.86. The molecule has 4 nitrogen and oxygen atoms in total. The van der Waals surface area contributed by atoms with E-state index in [0.29, 0.717) is 0 Å². The number of benzene rings is 1. The first-order chi connectivity index (χ1) is 7.83. The Kier molecular flexibility index (Phi) is 3.82. The smallest absolute Gasteiger partial charge is 0.422 e. The van der Waals surface area contributed by atoms with E-state index in [2.05, 4.69) is 4.74 Å². The number of halogens is 3. The molecule has 1 aromatic carbocycles. The molecule has 0 spiro atoms. The molecule has 0 aliphatic heterocycles. The first-order valence-corrected chi connectivity index (χ1v) is 4.51. The van der Waals surface area contributed by atoms with Crippen LogP contribution in [0.3, 0.4) is 0 Å². The number of nitrogens with two attached hydrogens (primary N) is 1. The molecule has 7 heteroatoms. The largest absolute Gasteiger partial charge is 0.496 e. The zero-order chi connectivity index (χ0) is 13.1. The molecule has 17 heavy (non-hydrogen) atoms. The highest BCUT2D eigenvalue weighted by molar-refractivity contribution is 5.95. The molecule has 0 heterocycles.